The first-order chi connectivity index (χ1) is 15.6. The number of hydrazine groups is 1. The summed E-state index contributed by atoms with van der Waals surface area (Å²) in [5, 5.41) is 6.27. The van der Waals surface area contributed by atoms with E-state index in [0.29, 0.717) is 17.6 Å². The molecule has 0 aromatic heterocycles. The van der Waals surface area contributed by atoms with E-state index in [-0.39, 0.29) is 6.61 Å². The van der Waals surface area contributed by atoms with Gasteiger partial charge in [0.25, 0.3) is 5.91 Å². The molecule has 1 fully saturated rings. The van der Waals surface area contributed by atoms with E-state index in [1.807, 2.05) is 60.7 Å². The van der Waals surface area contributed by atoms with Crippen LogP contribution in [-0.2, 0) is 22.6 Å². The molecule has 1 aliphatic carbocycles. The molecule has 8 heteroatoms. The molecule has 7 nitrogen and oxygen atoms in total. The van der Waals surface area contributed by atoms with Crippen molar-refractivity contribution < 1.29 is 14.3 Å². The van der Waals surface area contributed by atoms with Gasteiger partial charge in [-0.2, -0.15) is 0 Å². The van der Waals surface area contributed by atoms with E-state index in [4.69, 9.17) is 17.0 Å². The zero-order valence-corrected chi connectivity index (χ0v) is 18.8. The number of amides is 2. The van der Waals surface area contributed by atoms with Gasteiger partial charge in [-0.3, -0.25) is 15.6 Å². The molecule has 0 heterocycles. The van der Waals surface area contributed by atoms with Crippen LogP contribution in [0.2, 0.25) is 0 Å². The van der Waals surface area contributed by atoms with Gasteiger partial charge < -0.3 is 15.4 Å². The topological polar surface area (TPSA) is 91.5 Å². The summed E-state index contributed by atoms with van der Waals surface area (Å²) < 4.78 is 5.28. The molecule has 0 unspecified atom stereocenters. The molecule has 1 atom stereocenters. The third-order valence-corrected chi connectivity index (χ3v) is 5.56. The molecule has 0 aliphatic heterocycles. The van der Waals surface area contributed by atoms with Gasteiger partial charge in [-0.15, -0.1) is 0 Å². The number of alkyl carbamates (subject to hydrolysis) is 1. The lowest BCUT2D eigenvalue weighted by Gasteiger charge is -2.25. The van der Waals surface area contributed by atoms with Crippen molar-refractivity contribution in [3.05, 3.63) is 71.8 Å². The Bertz CT molecular complexity index is 873. The molecule has 2 aromatic carbocycles. The fourth-order valence-electron chi connectivity index (χ4n) is 3.64. The summed E-state index contributed by atoms with van der Waals surface area (Å²) in [6, 6.07) is 18.4. The van der Waals surface area contributed by atoms with Crippen LogP contribution >= 0.6 is 12.2 Å². The van der Waals surface area contributed by atoms with Crippen molar-refractivity contribution in [3.63, 3.8) is 0 Å². The van der Waals surface area contributed by atoms with Crippen LogP contribution in [0, 0.1) is 0 Å². The fourth-order valence-corrected chi connectivity index (χ4v) is 3.86. The molecule has 32 heavy (non-hydrogen) atoms. The van der Waals surface area contributed by atoms with Crippen molar-refractivity contribution in [2.45, 2.75) is 57.2 Å². The summed E-state index contributed by atoms with van der Waals surface area (Å²) >= 11 is 5.30. The van der Waals surface area contributed by atoms with Crippen LogP contribution < -0.4 is 21.5 Å². The summed E-state index contributed by atoms with van der Waals surface area (Å²) in [7, 11) is 0. The van der Waals surface area contributed by atoms with Gasteiger partial charge in [0.1, 0.15) is 12.6 Å². The molecular formula is C24H30N4O3S. The number of hydrogen-bond donors (Lipinski definition) is 4. The Morgan fingerprint density at radius 3 is 2.19 bits per heavy atom. The van der Waals surface area contributed by atoms with Crippen LogP contribution in [0.3, 0.4) is 0 Å². The number of ether oxygens (including phenoxy) is 1. The first-order valence-corrected chi connectivity index (χ1v) is 11.4. The number of hydrogen-bond acceptors (Lipinski definition) is 4. The molecule has 3 rings (SSSR count). The van der Waals surface area contributed by atoms with E-state index in [1.54, 1.807) is 0 Å². The molecule has 0 saturated heterocycles. The highest BCUT2D eigenvalue weighted by Gasteiger charge is 2.23. The average Bonchev–Trinajstić information content (AvgIpc) is 2.83. The van der Waals surface area contributed by atoms with Gasteiger partial charge in [-0.25, -0.2) is 4.79 Å². The first kappa shape index (κ1) is 23.5. The Kier molecular flexibility index (Phi) is 9.31. The third-order valence-electron chi connectivity index (χ3n) is 5.34. The van der Waals surface area contributed by atoms with Gasteiger partial charge >= 0.3 is 6.09 Å². The predicted molar refractivity (Wildman–Crippen MR) is 128 cm³/mol. The van der Waals surface area contributed by atoms with E-state index < -0.39 is 18.0 Å². The lowest BCUT2D eigenvalue weighted by atomic mass is 9.96. The number of thiocarbonyl (C=S) groups is 1. The zero-order valence-electron chi connectivity index (χ0n) is 18.0. The molecule has 1 aliphatic rings. The van der Waals surface area contributed by atoms with Gasteiger partial charge in [0, 0.05) is 12.5 Å². The van der Waals surface area contributed by atoms with Gasteiger partial charge in [-0.1, -0.05) is 79.9 Å². The summed E-state index contributed by atoms with van der Waals surface area (Å²) in [5.74, 6) is -0.404. The largest absolute Gasteiger partial charge is 0.445 e. The molecule has 2 aromatic rings. The highest BCUT2D eigenvalue weighted by atomic mass is 32.1. The number of carbonyl (C=O) groups excluding carboxylic acids is 2. The summed E-state index contributed by atoms with van der Waals surface area (Å²) in [5.41, 5.74) is 7.15. The Balaban J connectivity index is 1.52. The minimum Gasteiger partial charge on any atom is -0.445 e. The number of carbonyl (C=O) groups is 2. The maximum absolute atomic E-state index is 12.8. The van der Waals surface area contributed by atoms with Crippen LogP contribution in [0.15, 0.2) is 60.7 Å². The van der Waals surface area contributed by atoms with Gasteiger partial charge in [0.15, 0.2) is 5.11 Å². The highest BCUT2D eigenvalue weighted by Crippen LogP contribution is 2.17. The summed E-state index contributed by atoms with van der Waals surface area (Å²) in [6.45, 7) is 0.125. The van der Waals surface area contributed by atoms with Crippen LogP contribution in [0.1, 0.15) is 43.2 Å². The Hall–Kier alpha value is -3.13. The lowest BCUT2D eigenvalue weighted by molar-refractivity contribution is -0.123. The second-order valence-corrected chi connectivity index (χ2v) is 8.28. The highest BCUT2D eigenvalue weighted by molar-refractivity contribution is 7.80. The van der Waals surface area contributed by atoms with Gasteiger partial charge in [-0.05, 0) is 36.2 Å². The molecule has 0 radical (unpaired) electrons. The molecule has 4 N–H and O–H groups in total. The Labute approximate surface area is 194 Å². The maximum atomic E-state index is 12.8. The van der Waals surface area contributed by atoms with Crippen molar-refractivity contribution in [3.8, 4) is 0 Å². The second-order valence-electron chi connectivity index (χ2n) is 7.87. The minimum atomic E-state index is -0.828. The summed E-state index contributed by atoms with van der Waals surface area (Å²) in [4.78, 5) is 25.2. The quantitative estimate of drug-likeness (QED) is 0.379. The van der Waals surface area contributed by atoms with Gasteiger partial charge in [0.05, 0.1) is 0 Å². The minimum absolute atomic E-state index is 0.125. The third kappa shape index (κ3) is 8.19. The van der Waals surface area contributed by atoms with Crippen molar-refractivity contribution in [1.82, 2.24) is 21.5 Å². The van der Waals surface area contributed by atoms with E-state index in [1.165, 1.54) is 19.3 Å². The Morgan fingerprint density at radius 1 is 0.906 bits per heavy atom. The SMILES string of the molecule is O=C(N[C@@H](Cc1ccccc1)C(=O)NNC(=S)NC1CCCCC1)OCc1ccccc1. The van der Waals surface area contributed by atoms with Crippen molar-refractivity contribution in [2.24, 2.45) is 0 Å². The zero-order chi connectivity index (χ0) is 22.6. The van der Waals surface area contributed by atoms with Crippen LogP contribution in [0.25, 0.3) is 0 Å². The standard InChI is InChI=1S/C24H30N4O3S/c29-22(27-28-23(32)25-20-14-8-3-9-15-20)21(16-18-10-4-1-5-11-18)26-24(30)31-17-19-12-6-2-7-13-19/h1-2,4-7,10-13,20-21H,3,8-9,14-17H2,(H,26,30)(H,27,29)(H2,25,28,32)/t21-/m0/s1. The first-order valence-electron chi connectivity index (χ1n) is 11.0. The smallest absolute Gasteiger partial charge is 0.408 e. The molecule has 0 bridgehead atoms. The number of benzene rings is 2. The van der Waals surface area contributed by atoms with E-state index >= 15 is 0 Å². The average molecular weight is 455 g/mol. The summed E-state index contributed by atoms with van der Waals surface area (Å²) in [6.07, 6.45) is 5.41. The molecular weight excluding hydrogens is 424 g/mol. The van der Waals surface area contributed by atoms with E-state index in [2.05, 4.69) is 21.5 Å². The normalized spacial score (nSPS) is 14.6. The van der Waals surface area contributed by atoms with Crippen LogP contribution in [0.4, 0.5) is 4.79 Å². The molecule has 1 saturated carbocycles. The van der Waals surface area contributed by atoms with E-state index in [0.717, 1.165) is 24.0 Å². The second kappa shape index (κ2) is 12.7. The lowest BCUT2D eigenvalue weighted by Crippen LogP contribution is -2.56. The van der Waals surface area contributed by atoms with Crippen molar-refractivity contribution in [2.75, 3.05) is 0 Å². The Morgan fingerprint density at radius 2 is 1.53 bits per heavy atom. The fraction of sp³-hybridized carbons (Fsp3) is 0.375. The monoisotopic (exact) mass is 454 g/mol. The maximum Gasteiger partial charge on any atom is 0.408 e. The van der Waals surface area contributed by atoms with Crippen molar-refractivity contribution in [1.29, 1.82) is 0 Å². The molecule has 170 valence electrons. The van der Waals surface area contributed by atoms with Gasteiger partial charge in [0.2, 0.25) is 0 Å². The number of nitrogens with one attached hydrogen (secondary N) is 4. The van der Waals surface area contributed by atoms with Crippen molar-refractivity contribution >= 4 is 29.3 Å². The molecule has 2 amide bonds. The molecule has 0 spiro atoms. The number of rotatable bonds is 7. The van der Waals surface area contributed by atoms with Crippen LogP contribution in [-0.4, -0.2) is 29.2 Å². The predicted octanol–water partition coefficient (Wildman–Crippen LogP) is 3.35. The van der Waals surface area contributed by atoms with E-state index in [9.17, 15) is 9.59 Å². The van der Waals surface area contributed by atoms with Crippen LogP contribution in [0.5, 0.6) is 0 Å².